The number of hydrogen-bond acceptors (Lipinski definition) is 3. The molecule has 0 radical (unpaired) electrons. The van der Waals surface area contributed by atoms with Gasteiger partial charge in [-0.1, -0.05) is 42.1 Å². The smallest absolute Gasteiger partial charge is 0.207 e. The molecule has 0 aliphatic carbocycles. The number of hydrogen-bond donors (Lipinski definition) is 1. The molecule has 0 aliphatic rings. The number of benzene rings is 1. The normalized spacial score (nSPS) is 9.87. The van der Waals surface area contributed by atoms with Crippen molar-refractivity contribution in [2.45, 2.75) is 0 Å². The van der Waals surface area contributed by atoms with Crippen LogP contribution in [0.5, 0.6) is 0 Å². The first-order valence-electron chi connectivity index (χ1n) is 4.46. The number of nitrogens with one attached hydrogen (secondary N) is 1. The molecule has 0 unspecified atom stereocenters. The maximum atomic E-state index is 11.4. The van der Waals surface area contributed by atoms with Crippen molar-refractivity contribution in [1.29, 1.82) is 0 Å². The average Bonchev–Trinajstić information content (AvgIpc) is 2.78. The van der Waals surface area contributed by atoms with E-state index < -0.39 is 0 Å². The third kappa shape index (κ3) is 1.69. The molecule has 0 spiro atoms. The highest BCUT2D eigenvalue weighted by Crippen LogP contribution is 2.19. The van der Waals surface area contributed by atoms with Crippen LogP contribution in [0.3, 0.4) is 0 Å². The van der Waals surface area contributed by atoms with E-state index in [2.05, 4.69) is 22.0 Å². The van der Waals surface area contributed by atoms with Gasteiger partial charge in [-0.2, -0.15) is 0 Å². The van der Waals surface area contributed by atoms with Crippen LogP contribution in [-0.2, 0) is 0 Å². The number of ketones is 1. The molecule has 1 N–H and O–H groups in total. The molecule has 0 amide bonds. The molecule has 74 valence electrons. The standard InChI is InChI=1S/C11H9N3O/c1-2-9(15)11-10(12-14-13-11)8-6-4-3-5-7-8/h2-7H,1H2,(H,12,13,14). The summed E-state index contributed by atoms with van der Waals surface area (Å²) in [5.74, 6) is -0.234. The van der Waals surface area contributed by atoms with Crippen LogP contribution in [0.1, 0.15) is 10.5 Å². The predicted octanol–water partition coefficient (Wildman–Crippen LogP) is 1.84. The van der Waals surface area contributed by atoms with Gasteiger partial charge in [0.05, 0.1) is 5.69 Å². The van der Waals surface area contributed by atoms with Crippen LogP contribution in [0.15, 0.2) is 43.0 Å². The van der Waals surface area contributed by atoms with E-state index in [1.807, 2.05) is 30.3 Å². The van der Waals surface area contributed by atoms with Crippen molar-refractivity contribution in [1.82, 2.24) is 15.4 Å². The van der Waals surface area contributed by atoms with Gasteiger partial charge in [-0.3, -0.25) is 9.89 Å². The molecule has 0 fully saturated rings. The lowest BCUT2D eigenvalue weighted by molar-refractivity contribution is 0.104. The van der Waals surface area contributed by atoms with Crippen LogP contribution >= 0.6 is 0 Å². The van der Waals surface area contributed by atoms with Gasteiger partial charge in [-0.15, -0.1) is 5.10 Å². The zero-order chi connectivity index (χ0) is 10.7. The molecule has 0 atom stereocenters. The zero-order valence-corrected chi connectivity index (χ0v) is 7.97. The number of allylic oxidation sites excluding steroid dienone is 1. The van der Waals surface area contributed by atoms with E-state index in [0.717, 1.165) is 5.56 Å². The Hall–Kier alpha value is -2.23. The Bertz CT molecular complexity index is 488. The Labute approximate surface area is 86.6 Å². The first kappa shape index (κ1) is 9.33. The molecule has 2 rings (SSSR count). The summed E-state index contributed by atoms with van der Waals surface area (Å²) in [6.07, 6.45) is 1.23. The fourth-order valence-corrected chi connectivity index (χ4v) is 1.30. The van der Waals surface area contributed by atoms with Crippen molar-refractivity contribution in [3.63, 3.8) is 0 Å². The first-order chi connectivity index (χ1) is 7.33. The highest BCUT2D eigenvalue weighted by molar-refractivity contribution is 6.06. The number of carbonyl (C=O) groups excluding carboxylic acids is 1. The fraction of sp³-hybridized carbons (Fsp3) is 0. The number of rotatable bonds is 3. The molecule has 15 heavy (non-hydrogen) atoms. The van der Waals surface area contributed by atoms with Crippen molar-refractivity contribution >= 4 is 5.78 Å². The summed E-state index contributed by atoms with van der Waals surface area (Å²) in [5.41, 5.74) is 1.81. The van der Waals surface area contributed by atoms with Gasteiger partial charge in [0.1, 0.15) is 0 Å². The maximum Gasteiger partial charge on any atom is 0.207 e. The molecule has 1 aromatic heterocycles. The van der Waals surface area contributed by atoms with Gasteiger partial charge in [-0.05, 0) is 6.08 Å². The van der Waals surface area contributed by atoms with Crippen LogP contribution in [0, 0.1) is 0 Å². The van der Waals surface area contributed by atoms with Gasteiger partial charge >= 0.3 is 0 Å². The number of H-pyrrole nitrogens is 1. The van der Waals surface area contributed by atoms with Crippen LogP contribution in [0.25, 0.3) is 11.3 Å². The van der Waals surface area contributed by atoms with Crippen molar-refractivity contribution in [2.75, 3.05) is 0 Å². The summed E-state index contributed by atoms with van der Waals surface area (Å²) in [4.78, 5) is 11.4. The topological polar surface area (TPSA) is 58.6 Å². The molecular formula is C11H9N3O. The Balaban J connectivity index is 2.50. The molecule has 4 heteroatoms. The molecule has 0 saturated carbocycles. The Morgan fingerprint density at radius 3 is 2.73 bits per heavy atom. The number of aromatic amines is 1. The van der Waals surface area contributed by atoms with E-state index in [9.17, 15) is 4.79 Å². The lowest BCUT2D eigenvalue weighted by Gasteiger charge is -1.97. The van der Waals surface area contributed by atoms with Crippen molar-refractivity contribution in [3.8, 4) is 11.3 Å². The maximum absolute atomic E-state index is 11.4. The molecule has 0 aliphatic heterocycles. The number of nitrogens with zero attached hydrogens (tertiary/aromatic N) is 2. The lowest BCUT2D eigenvalue weighted by atomic mass is 10.1. The molecule has 0 saturated heterocycles. The lowest BCUT2D eigenvalue weighted by Crippen LogP contribution is -1.96. The molecule has 4 nitrogen and oxygen atoms in total. The monoisotopic (exact) mass is 199 g/mol. The van der Waals surface area contributed by atoms with Crippen LogP contribution in [-0.4, -0.2) is 21.2 Å². The SMILES string of the molecule is C=CC(=O)c1nn[nH]c1-c1ccccc1. The second kappa shape index (κ2) is 3.88. The molecule has 2 aromatic rings. The van der Waals surface area contributed by atoms with Crippen molar-refractivity contribution < 1.29 is 4.79 Å². The summed E-state index contributed by atoms with van der Waals surface area (Å²) >= 11 is 0. The first-order valence-corrected chi connectivity index (χ1v) is 4.46. The van der Waals surface area contributed by atoms with Crippen LogP contribution in [0.2, 0.25) is 0 Å². The average molecular weight is 199 g/mol. The Morgan fingerprint density at radius 1 is 1.33 bits per heavy atom. The highest BCUT2D eigenvalue weighted by Gasteiger charge is 2.13. The Morgan fingerprint density at radius 2 is 2.07 bits per heavy atom. The summed E-state index contributed by atoms with van der Waals surface area (Å²) < 4.78 is 0. The van der Waals surface area contributed by atoms with Crippen molar-refractivity contribution in [2.24, 2.45) is 0 Å². The minimum absolute atomic E-state index is 0.234. The third-order valence-corrected chi connectivity index (χ3v) is 2.03. The predicted molar refractivity (Wildman–Crippen MR) is 56.3 cm³/mol. The van der Waals surface area contributed by atoms with Gasteiger partial charge in [-0.25, -0.2) is 0 Å². The summed E-state index contributed by atoms with van der Waals surface area (Å²) in [6, 6.07) is 9.45. The van der Waals surface area contributed by atoms with Crippen molar-refractivity contribution in [3.05, 3.63) is 48.7 Å². The van der Waals surface area contributed by atoms with Gasteiger partial charge in [0.15, 0.2) is 5.69 Å². The minimum Gasteiger partial charge on any atom is -0.287 e. The van der Waals surface area contributed by atoms with E-state index in [1.54, 1.807) is 0 Å². The number of carbonyl (C=O) groups is 1. The van der Waals surface area contributed by atoms with Gasteiger partial charge < -0.3 is 0 Å². The summed E-state index contributed by atoms with van der Waals surface area (Å²) in [5, 5.41) is 10.1. The Kier molecular flexibility index (Phi) is 2.41. The third-order valence-electron chi connectivity index (χ3n) is 2.03. The summed E-state index contributed by atoms with van der Waals surface area (Å²) in [7, 11) is 0. The highest BCUT2D eigenvalue weighted by atomic mass is 16.1. The summed E-state index contributed by atoms with van der Waals surface area (Å²) in [6.45, 7) is 3.42. The van der Waals surface area contributed by atoms with Crippen LogP contribution < -0.4 is 0 Å². The largest absolute Gasteiger partial charge is 0.287 e. The van der Waals surface area contributed by atoms with Gasteiger partial charge in [0.25, 0.3) is 0 Å². The molecule has 1 aromatic carbocycles. The van der Waals surface area contributed by atoms with Gasteiger partial charge in [0, 0.05) is 5.56 Å². The fourth-order valence-electron chi connectivity index (χ4n) is 1.30. The van der Waals surface area contributed by atoms with E-state index in [4.69, 9.17) is 0 Å². The van der Waals surface area contributed by atoms with E-state index >= 15 is 0 Å². The molecule has 1 heterocycles. The molecular weight excluding hydrogens is 190 g/mol. The van der Waals surface area contributed by atoms with E-state index in [0.29, 0.717) is 11.4 Å². The zero-order valence-electron chi connectivity index (χ0n) is 7.97. The van der Waals surface area contributed by atoms with E-state index in [-0.39, 0.29) is 5.78 Å². The molecule has 0 bridgehead atoms. The second-order valence-electron chi connectivity index (χ2n) is 2.97. The quantitative estimate of drug-likeness (QED) is 0.606. The second-order valence-corrected chi connectivity index (χ2v) is 2.97. The van der Waals surface area contributed by atoms with E-state index in [1.165, 1.54) is 6.08 Å². The van der Waals surface area contributed by atoms with Gasteiger partial charge in [0.2, 0.25) is 5.78 Å². The van der Waals surface area contributed by atoms with Crippen LogP contribution in [0.4, 0.5) is 0 Å². The minimum atomic E-state index is -0.234. The number of aromatic nitrogens is 3.